The van der Waals surface area contributed by atoms with Crippen LogP contribution in [-0.2, 0) is 14.3 Å². The quantitative estimate of drug-likeness (QED) is 0.435. The molecule has 1 saturated heterocycles. The number of amides is 2. The number of nitrogens with one attached hydrogen (secondary N) is 1. The number of imide groups is 1. The lowest BCUT2D eigenvalue weighted by molar-refractivity contribution is -0.156. The number of furan rings is 1. The molecule has 3 heterocycles. The minimum absolute atomic E-state index is 0.184. The summed E-state index contributed by atoms with van der Waals surface area (Å²) in [6.07, 6.45) is 1.49. The molecule has 0 radical (unpaired) electrons. The highest BCUT2D eigenvalue weighted by Crippen LogP contribution is 2.34. The predicted octanol–water partition coefficient (Wildman–Crippen LogP) is 4.69. The second-order valence-electron chi connectivity index (χ2n) is 7.67. The molecule has 1 aliphatic rings. The van der Waals surface area contributed by atoms with Crippen LogP contribution < -0.4 is 0 Å². The van der Waals surface area contributed by atoms with Crippen LogP contribution in [0.1, 0.15) is 26.5 Å². The number of hydrogen-bond donors (Lipinski definition) is 1. The summed E-state index contributed by atoms with van der Waals surface area (Å²) in [4.78, 5) is 45.5. The van der Waals surface area contributed by atoms with Gasteiger partial charge < -0.3 is 14.1 Å². The van der Waals surface area contributed by atoms with E-state index in [1.54, 1.807) is 32.9 Å². The van der Waals surface area contributed by atoms with Gasteiger partial charge in [-0.1, -0.05) is 12.1 Å². The zero-order valence-corrected chi connectivity index (χ0v) is 18.6. The number of hydrogen-bond acceptors (Lipinski definition) is 8. The molecule has 1 fully saturated rings. The number of H-pyrrole nitrogens is 1. The Labute approximate surface area is 186 Å². The highest BCUT2D eigenvalue weighted by atomic mass is 32.2. The molecule has 160 valence electrons. The summed E-state index contributed by atoms with van der Waals surface area (Å²) in [6, 6.07) is 11.2. The Morgan fingerprint density at radius 2 is 2.03 bits per heavy atom. The van der Waals surface area contributed by atoms with Crippen molar-refractivity contribution in [3.8, 4) is 0 Å². The molecular weight excluding hydrogens is 438 g/mol. The molecule has 0 bridgehead atoms. The Morgan fingerprint density at radius 1 is 1.26 bits per heavy atom. The molecule has 3 aromatic rings. The molecule has 8 nitrogen and oxygen atoms in total. The van der Waals surface area contributed by atoms with Crippen LogP contribution in [0.15, 0.2) is 56.0 Å². The fraction of sp³-hybridized carbons (Fsp3) is 0.238. The predicted molar refractivity (Wildman–Crippen MR) is 117 cm³/mol. The number of benzene rings is 1. The number of esters is 1. The number of imidazole rings is 1. The van der Waals surface area contributed by atoms with Crippen molar-refractivity contribution in [1.82, 2.24) is 14.9 Å². The Hall–Kier alpha value is -2.98. The van der Waals surface area contributed by atoms with Gasteiger partial charge in [0.1, 0.15) is 17.9 Å². The first-order chi connectivity index (χ1) is 14.7. The second-order valence-corrected chi connectivity index (χ2v) is 9.66. The number of nitrogens with zero attached hydrogens (tertiary/aromatic N) is 2. The fourth-order valence-electron chi connectivity index (χ4n) is 2.81. The normalized spacial score (nSPS) is 16.0. The lowest BCUT2D eigenvalue weighted by atomic mass is 10.2. The van der Waals surface area contributed by atoms with Crippen LogP contribution in [0.3, 0.4) is 0 Å². The first-order valence-electron chi connectivity index (χ1n) is 9.37. The molecule has 0 atom stereocenters. The minimum atomic E-state index is -0.698. The van der Waals surface area contributed by atoms with Crippen LogP contribution in [-0.4, -0.2) is 44.1 Å². The van der Waals surface area contributed by atoms with Gasteiger partial charge >= 0.3 is 5.97 Å². The number of carbonyl (C=O) groups excluding carboxylic acids is 3. The Balaban J connectivity index is 1.44. The third-order valence-corrected chi connectivity index (χ3v) is 5.74. The summed E-state index contributed by atoms with van der Waals surface area (Å²) in [6.45, 7) is 4.73. The number of aromatic amines is 1. The zero-order valence-electron chi connectivity index (χ0n) is 17.0. The van der Waals surface area contributed by atoms with Crippen LogP contribution in [0.4, 0.5) is 4.79 Å². The van der Waals surface area contributed by atoms with E-state index in [0.29, 0.717) is 16.0 Å². The van der Waals surface area contributed by atoms with E-state index < -0.39 is 29.3 Å². The molecule has 2 aromatic heterocycles. The van der Waals surface area contributed by atoms with Gasteiger partial charge in [-0.2, -0.15) is 0 Å². The third-order valence-electron chi connectivity index (χ3n) is 4.02. The number of rotatable bonds is 5. The molecule has 1 aliphatic heterocycles. The number of para-hydroxylation sites is 2. The summed E-state index contributed by atoms with van der Waals surface area (Å²) in [5.74, 6) is -0.774. The Kier molecular flexibility index (Phi) is 5.67. The van der Waals surface area contributed by atoms with E-state index in [-0.39, 0.29) is 4.91 Å². The van der Waals surface area contributed by atoms with Crippen molar-refractivity contribution in [3.05, 3.63) is 47.1 Å². The lowest BCUT2D eigenvalue weighted by Crippen LogP contribution is -2.37. The van der Waals surface area contributed by atoms with Gasteiger partial charge in [0.25, 0.3) is 11.1 Å². The van der Waals surface area contributed by atoms with E-state index in [2.05, 4.69) is 9.97 Å². The molecule has 1 N–H and O–H groups in total. The van der Waals surface area contributed by atoms with E-state index in [4.69, 9.17) is 9.15 Å². The Morgan fingerprint density at radius 3 is 2.77 bits per heavy atom. The van der Waals surface area contributed by atoms with Crippen molar-refractivity contribution in [1.29, 1.82) is 0 Å². The van der Waals surface area contributed by atoms with Gasteiger partial charge in [-0.05, 0) is 68.6 Å². The molecular formula is C21H19N3O5S2. The SMILES string of the molecule is CC(C)(C)OC(=O)CN1C(=O)SC(=Cc2ccc(Sc3nc4ccccc4[nH]3)o2)C1=O. The summed E-state index contributed by atoms with van der Waals surface area (Å²) in [5, 5.41) is 0.739. The number of fused-ring (bicyclic) bond motifs is 1. The van der Waals surface area contributed by atoms with Crippen LogP contribution in [0, 0.1) is 0 Å². The van der Waals surface area contributed by atoms with Gasteiger partial charge in [0.2, 0.25) is 0 Å². The highest BCUT2D eigenvalue weighted by molar-refractivity contribution is 8.18. The topological polar surface area (TPSA) is 106 Å². The molecule has 0 spiro atoms. The lowest BCUT2D eigenvalue weighted by Gasteiger charge is -2.21. The van der Waals surface area contributed by atoms with Gasteiger partial charge in [0.15, 0.2) is 10.2 Å². The monoisotopic (exact) mass is 457 g/mol. The van der Waals surface area contributed by atoms with Crippen molar-refractivity contribution in [3.63, 3.8) is 0 Å². The van der Waals surface area contributed by atoms with Gasteiger partial charge in [-0.3, -0.25) is 19.3 Å². The molecule has 10 heteroatoms. The number of carbonyl (C=O) groups is 3. The number of ether oxygens (including phenoxy) is 1. The van der Waals surface area contributed by atoms with E-state index in [1.807, 2.05) is 24.3 Å². The van der Waals surface area contributed by atoms with Crippen molar-refractivity contribution < 1.29 is 23.5 Å². The molecule has 1 aromatic carbocycles. The average molecular weight is 458 g/mol. The van der Waals surface area contributed by atoms with Crippen molar-refractivity contribution >= 4 is 57.7 Å². The van der Waals surface area contributed by atoms with Gasteiger partial charge in [-0.15, -0.1) is 0 Å². The first kappa shape index (κ1) is 21.3. The third kappa shape index (κ3) is 5.02. The highest BCUT2D eigenvalue weighted by Gasteiger charge is 2.37. The minimum Gasteiger partial charge on any atom is -0.459 e. The van der Waals surface area contributed by atoms with E-state index in [0.717, 1.165) is 27.7 Å². The fourth-order valence-corrected chi connectivity index (χ4v) is 4.40. The van der Waals surface area contributed by atoms with E-state index in [9.17, 15) is 14.4 Å². The molecule has 0 unspecified atom stereocenters. The first-order valence-corrected chi connectivity index (χ1v) is 11.0. The van der Waals surface area contributed by atoms with E-state index in [1.165, 1.54) is 17.8 Å². The van der Waals surface area contributed by atoms with Gasteiger partial charge in [-0.25, -0.2) is 4.98 Å². The maximum atomic E-state index is 12.6. The molecule has 0 saturated carbocycles. The van der Waals surface area contributed by atoms with Crippen molar-refractivity contribution in [2.24, 2.45) is 0 Å². The zero-order chi connectivity index (χ0) is 22.2. The molecule has 4 rings (SSSR count). The molecule has 2 amide bonds. The van der Waals surface area contributed by atoms with Gasteiger partial charge in [0, 0.05) is 6.08 Å². The van der Waals surface area contributed by atoms with Crippen molar-refractivity contribution in [2.45, 2.75) is 36.6 Å². The summed E-state index contributed by atoms with van der Waals surface area (Å²) in [7, 11) is 0. The van der Waals surface area contributed by atoms with E-state index >= 15 is 0 Å². The summed E-state index contributed by atoms with van der Waals surface area (Å²) in [5.41, 5.74) is 1.09. The Bertz CT molecular complexity index is 1170. The number of aromatic nitrogens is 2. The second kappa shape index (κ2) is 8.27. The smallest absolute Gasteiger partial charge is 0.326 e. The largest absolute Gasteiger partial charge is 0.459 e. The van der Waals surface area contributed by atoms with Crippen LogP contribution in [0.5, 0.6) is 0 Å². The van der Waals surface area contributed by atoms with Crippen LogP contribution in [0.25, 0.3) is 17.1 Å². The maximum Gasteiger partial charge on any atom is 0.326 e. The standard InChI is InChI=1S/C21H19N3O5S2/c1-21(2,3)29-16(25)11-24-18(26)15(30-20(24)27)10-12-8-9-17(28-12)31-19-22-13-6-4-5-7-14(13)23-19/h4-10H,11H2,1-3H3,(H,22,23). The average Bonchev–Trinajstić information content (AvgIpc) is 3.35. The molecule has 0 aliphatic carbocycles. The summed E-state index contributed by atoms with van der Waals surface area (Å²) < 4.78 is 10.9. The number of thioether (sulfide) groups is 1. The van der Waals surface area contributed by atoms with Gasteiger partial charge in [0.05, 0.1) is 15.9 Å². The van der Waals surface area contributed by atoms with Crippen LogP contribution >= 0.6 is 23.5 Å². The molecule has 31 heavy (non-hydrogen) atoms. The van der Waals surface area contributed by atoms with Crippen LogP contribution in [0.2, 0.25) is 0 Å². The summed E-state index contributed by atoms with van der Waals surface area (Å²) >= 11 is 2.07. The van der Waals surface area contributed by atoms with Crippen molar-refractivity contribution in [2.75, 3.05) is 6.54 Å². The maximum absolute atomic E-state index is 12.6.